The van der Waals surface area contributed by atoms with Crippen molar-refractivity contribution in [3.05, 3.63) is 80.9 Å². The Kier molecular flexibility index (Phi) is 4.68. The molecule has 3 heterocycles. The van der Waals surface area contributed by atoms with Gasteiger partial charge in [-0.2, -0.15) is 5.10 Å². The summed E-state index contributed by atoms with van der Waals surface area (Å²) in [7, 11) is 1.63. The average Bonchev–Trinajstić information content (AvgIpc) is 3.03. The summed E-state index contributed by atoms with van der Waals surface area (Å²) in [5.74, 6) is 0.254. The standard InChI is InChI=1S/C20H21N5O3/c1-23-20(28)25(15-8-3-2-4-9-15)17(22-23)14-7-6-12-24(13-14)19(27)16-10-5-11-21-18(16)26/h2-5,8-11,14H,6-7,12-13H2,1H3,(H,21,26)/t14-/m0/s1. The number of nitrogens with one attached hydrogen (secondary N) is 1. The SMILES string of the molecule is Cn1nc([C@H]2CCCN(C(=O)c3ccc[nH]c3=O)C2)n(-c2ccccc2)c1=O. The number of pyridine rings is 1. The van der Waals surface area contributed by atoms with Crippen LogP contribution in [0.2, 0.25) is 0 Å². The van der Waals surface area contributed by atoms with Gasteiger partial charge < -0.3 is 9.88 Å². The summed E-state index contributed by atoms with van der Waals surface area (Å²) in [4.78, 5) is 41.7. The van der Waals surface area contributed by atoms with Crippen LogP contribution in [0, 0.1) is 0 Å². The quantitative estimate of drug-likeness (QED) is 0.742. The molecule has 1 aromatic carbocycles. The monoisotopic (exact) mass is 379 g/mol. The summed E-state index contributed by atoms with van der Waals surface area (Å²) >= 11 is 0. The number of aromatic nitrogens is 4. The molecule has 0 bridgehead atoms. The maximum atomic E-state index is 12.8. The molecule has 8 nitrogen and oxygen atoms in total. The summed E-state index contributed by atoms with van der Waals surface area (Å²) in [6, 6.07) is 12.5. The molecule has 1 saturated heterocycles. The van der Waals surface area contributed by atoms with Gasteiger partial charge in [-0.15, -0.1) is 0 Å². The predicted octanol–water partition coefficient (Wildman–Crippen LogP) is 1.28. The van der Waals surface area contributed by atoms with Crippen molar-refractivity contribution in [3.8, 4) is 5.69 Å². The second kappa shape index (κ2) is 7.30. The molecule has 0 unspecified atom stereocenters. The Bertz CT molecular complexity index is 1110. The Morgan fingerprint density at radius 1 is 1.14 bits per heavy atom. The van der Waals surface area contributed by atoms with E-state index in [4.69, 9.17) is 0 Å². The molecule has 3 aromatic rings. The predicted molar refractivity (Wildman–Crippen MR) is 104 cm³/mol. The van der Waals surface area contributed by atoms with E-state index in [2.05, 4.69) is 10.1 Å². The molecular formula is C20H21N5O3. The highest BCUT2D eigenvalue weighted by atomic mass is 16.2. The van der Waals surface area contributed by atoms with E-state index < -0.39 is 5.56 Å². The molecule has 0 aliphatic carbocycles. The van der Waals surface area contributed by atoms with Crippen LogP contribution < -0.4 is 11.2 Å². The molecule has 1 N–H and O–H groups in total. The number of hydrogen-bond acceptors (Lipinski definition) is 4. The van der Waals surface area contributed by atoms with Crippen LogP contribution in [0.25, 0.3) is 5.69 Å². The second-order valence-corrected chi connectivity index (χ2v) is 6.94. The first-order chi connectivity index (χ1) is 13.6. The highest BCUT2D eigenvalue weighted by Crippen LogP contribution is 2.27. The van der Waals surface area contributed by atoms with Gasteiger partial charge in [0.1, 0.15) is 11.4 Å². The van der Waals surface area contributed by atoms with E-state index in [1.165, 1.54) is 16.9 Å². The van der Waals surface area contributed by atoms with Crippen LogP contribution in [0.3, 0.4) is 0 Å². The normalized spacial score (nSPS) is 16.9. The van der Waals surface area contributed by atoms with Crippen molar-refractivity contribution < 1.29 is 4.79 Å². The van der Waals surface area contributed by atoms with Gasteiger partial charge in [-0.25, -0.2) is 14.0 Å². The molecule has 28 heavy (non-hydrogen) atoms. The van der Waals surface area contributed by atoms with Gasteiger partial charge in [0.15, 0.2) is 0 Å². The van der Waals surface area contributed by atoms with Crippen LogP contribution >= 0.6 is 0 Å². The number of rotatable bonds is 3. The molecule has 1 atom stereocenters. The number of nitrogens with zero attached hydrogens (tertiary/aromatic N) is 4. The van der Waals surface area contributed by atoms with Gasteiger partial charge in [0.25, 0.3) is 11.5 Å². The van der Waals surface area contributed by atoms with E-state index in [1.54, 1.807) is 22.6 Å². The van der Waals surface area contributed by atoms with Gasteiger partial charge in [0.05, 0.1) is 5.69 Å². The molecular weight excluding hydrogens is 358 g/mol. The molecule has 1 fully saturated rings. The van der Waals surface area contributed by atoms with E-state index >= 15 is 0 Å². The van der Waals surface area contributed by atoms with Crippen molar-refractivity contribution in [3.63, 3.8) is 0 Å². The molecule has 8 heteroatoms. The summed E-state index contributed by atoms with van der Waals surface area (Å²) < 4.78 is 2.93. The Labute approximate surface area is 161 Å². The van der Waals surface area contributed by atoms with Crippen molar-refractivity contribution in [2.75, 3.05) is 13.1 Å². The van der Waals surface area contributed by atoms with E-state index in [-0.39, 0.29) is 23.1 Å². The number of benzene rings is 1. The number of likely N-dealkylation sites (tertiary alicyclic amines) is 1. The first-order valence-electron chi connectivity index (χ1n) is 9.24. The first kappa shape index (κ1) is 18.0. The van der Waals surface area contributed by atoms with Crippen molar-refractivity contribution in [2.45, 2.75) is 18.8 Å². The first-order valence-corrected chi connectivity index (χ1v) is 9.24. The van der Waals surface area contributed by atoms with Crippen LogP contribution in [0.4, 0.5) is 0 Å². The number of amides is 1. The van der Waals surface area contributed by atoms with E-state index in [0.717, 1.165) is 18.5 Å². The summed E-state index contributed by atoms with van der Waals surface area (Å²) in [5, 5.41) is 4.46. The highest BCUT2D eigenvalue weighted by molar-refractivity contribution is 5.93. The highest BCUT2D eigenvalue weighted by Gasteiger charge is 2.30. The zero-order valence-electron chi connectivity index (χ0n) is 15.5. The lowest BCUT2D eigenvalue weighted by Gasteiger charge is -2.32. The molecule has 1 aliphatic rings. The lowest BCUT2D eigenvalue weighted by molar-refractivity contribution is 0.0702. The van der Waals surface area contributed by atoms with Crippen LogP contribution in [-0.4, -0.2) is 43.2 Å². The van der Waals surface area contributed by atoms with E-state index in [0.29, 0.717) is 18.9 Å². The molecule has 0 spiro atoms. The topological polar surface area (TPSA) is 93.0 Å². The Morgan fingerprint density at radius 3 is 2.68 bits per heavy atom. The average molecular weight is 379 g/mol. The zero-order chi connectivity index (χ0) is 19.7. The molecule has 1 aliphatic heterocycles. The fourth-order valence-electron chi connectivity index (χ4n) is 3.70. The van der Waals surface area contributed by atoms with Crippen molar-refractivity contribution in [1.29, 1.82) is 0 Å². The number of H-pyrrole nitrogens is 1. The Balaban J connectivity index is 1.67. The zero-order valence-corrected chi connectivity index (χ0v) is 15.5. The van der Waals surface area contributed by atoms with Crippen LogP contribution in [0.1, 0.15) is 34.9 Å². The van der Waals surface area contributed by atoms with Gasteiger partial charge in [-0.05, 0) is 37.1 Å². The second-order valence-electron chi connectivity index (χ2n) is 6.94. The number of piperidine rings is 1. The third-order valence-electron chi connectivity index (χ3n) is 5.09. The van der Waals surface area contributed by atoms with E-state index in [9.17, 15) is 14.4 Å². The fraction of sp³-hybridized carbons (Fsp3) is 0.300. The summed E-state index contributed by atoms with van der Waals surface area (Å²) in [5.41, 5.74) is 0.265. The number of para-hydroxylation sites is 1. The minimum absolute atomic E-state index is 0.0883. The molecule has 0 radical (unpaired) electrons. The van der Waals surface area contributed by atoms with Crippen molar-refractivity contribution >= 4 is 5.91 Å². The van der Waals surface area contributed by atoms with Gasteiger partial charge in [-0.3, -0.25) is 9.59 Å². The lowest BCUT2D eigenvalue weighted by atomic mass is 9.96. The number of hydrogen-bond donors (Lipinski definition) is 1. The third kappa shape index (κ3) is 3.17. The number of aromatic amines is 1. The molecule has 2 aromatic heterocycles. The van der Waals surface area contributed by atoms with E-state index in [1.807, 2.05) is 30.3 Å². The summed E-state index contributed by atoms with van der Waals surface area (Å²) in [6.07, 6.45) is 3.10. The third-order valence-corrected chi connectivity index (χ3v) is 5.09. The molecule has 4 rings (SSSR count). The lowest BCUT2D eigenvalue weighted by Crippen LogP contribution is -2.41. The van der Waals surface area contributed by atoms with Crippen molar-refractivity contribution in [1.82, 2.24) is 24.2 Å². The number of carbonyl (C=O) groups is 1. The molecule has 144 valence electrons. The van der Waals surface area contributed by atoms with Crippen LogP contribution in [0.15, 0.2) is 58.3 Å². The molecule has 1 amide bonds. The van der Waals surface area contributed by atoms with Gasteiger partial charge in [0.2, 0.25) is 0 Å². The Morgan fingerprint density at radius 2 is 1.93 bits per heavy atom. The summed E-state index contributed by atoms with van der Waals surface area (Å²) in [6.45, 7) is 0.989. The van der Waals surface area contributed by atoms with Crippen molar-refractivity contribution in [2.24, 2.45) is 7.05 Å². The Hall–Kier alpha value is -3.42. The smallest absolute Gasteiger partial charge is 0.338 e. The number of aryl methyl sites for hydroxylation is 1. The maximum Gasteiger partial charge on any atom is 0.350 e. The van der Waals surface area contributed by atoms with Crippen LogP contribution in [-0.2, 0) is 7.05 Å². The van der Waals surface area contributed by atoms with Gasteiger partial charge in [-0.1, -0.05) is 18.2 Å². The maximum absolute atomic E-state index is 12.8. The minimum atomic E-state index is -0.395. The van der Waals surface area contributed by atoms with Gasteiger partial charge in [0, 0.05) is 32.3 Å². The van der Waals surface area contributed by atoms with Gasteiger partial charge >= 0.3 is 5.69 Å². The fourth-order valence-corrected chi connectivity index (χ4v) is 3.70. The van der Waals surface area contributed by atoms with Crippen LogP contribution in [0.5, 0.6) is 0 Å². The largest absolute Gasteiger partial charge is 0.350 e. The molecule has 0 saturated carbocycles. The minimum Gasteiger partial charge on any atom is -0.338 e. The number of carbonyl (C=O) groups excluding carboxylic acids is 1.